The van der Waals surface area contributed by atoms with E-state index in [0.29, 0.717) is 0 Å². The van der Waals surface area contributed by atoms with Crippen LogP contribution in [0.25, 0.3) is 0 Å². The summed E-state index contributed by atoms with van der Waals surface area (Å²) < 4.78 is 15.6. The maximum absolute atomic E-state index is 11.7. The number of nitrogens with zero attached hydrogens (tertiary/aromatic N) is 1. The summed E-state index contributed by atoms with van der Waals surface area (Å²) in [7, 11) is 0. The highest BCUT2D eigenvalue weighted by atomic mass is 32.2. The summed E-state index contributed by atoms with van der Waals surface area (Å²) in [5, 5.41) is 0. The van der Waals surface area contributed by atoms with Gasteiger partial charge in [-0.3, -0.25) is 0 Å². The van der Waals surface area contributed by atoms with Gasteiger partial charge < -0.3 is 4.55 Å². The van der Waals surface area contributed by atoms with Gasteiger partial charge in [0.25, 0.3) is 0 Å². The fraction of sp³-hybridized carbons (Fsp3) is 0.929. The predicted molar refractivity (Wildman–Crippen MR) is 76.7 cm³/mol. The van der Waals surface area contributed by atoms with Gasteiger partial charge in [-0.1, -0.05) is 37.0 Å². The van der Waals surface area contributed by atoms with Crippen molar-refractivity contribution < 1.29 is 4.55 Å². The third-order valence-corrected chi connectivity index (χ3v) is 4.92. The highest BCUT2D eigenvalue weighted by molar-refractivity contribution is 7.91. The lowest BCUT2D eigenvalue weighted by Gasteiger charge is -2.25. The van der Waals surface area contributed by atoms with Crippen molar-refractivity contribution in [3.8, 4) is 0 Å². The molecule has 1 atom stereocenters. The summed E-state index contributed by atoms with van der Waals surface area (Å²) in [6, 6.07) is 0. The normalized spacial score (nSPS) is 28.5. The molecular formula is C14H27NOS. The van der Waals surface area contributed by atoms with Crippen molar-refractivity contribution in [3.05, 3.63) is 0 Å². The van der Waals surface area contributed by atoms with Crippen molar-refractivity contribution in [1.82, 2.24) is 0 Å². The first-order chi connectivity index (χ1) is 7.89. The molecular weight excluding hydrogens is 230 g/mol. The van der Waals surface area contributed by atoms with Gasteiger partial charge >= 0.3 is 0 Å². The molecule has 17 heavy (non-hydrogen) atoms. The van der Waals surface area contributed by atoms with Crippen molar-refractivity contribution >= 4 is 17.6 Å². The molecule has 0 aliphatic heterocycles. The van der Waals surface area contributed by atoms with Gasteiger partial charge in [0.05, 0.1) is 6.21 Å². The summed E-state index contributed by atoms with van der Waals surface area (Å²) >= 11 is -1.08. The van der Waals surface area contributed by atoms with Crippen molar-refractivity contribution in [3.63, 3.8) is 0 Å². The van der Waals surface area contributed by atoms with E-state index in [0.717, 1.165) is 18.3 Å². The largest absolute Gasteiger partial charge is 0.591 e. The van der Waals surface area contributed by atoms with E-state index in [-0.39, 0.29) is 4.75 Å². The Hall–Kier alpha value is -0.0200. The Labute approximate surface area is 110 Å². The number of hydrogen-bond acceptors (Lipinski definition) is 2. The summed E-state index contributed by atoms with van der Waals surface area (Å²) in [4.78, 5) is 0. The second-order valence-corrected chi connectivity index (χ2v) is 8.29. The zero-order chi connectivity index (χ0) is 12.9. The van der Waals surface area contributed by atoms with Gasteiger partial charge in [-0.2, -0.15) is 0 Å². The molecule has 0 amide bonds. The van der Waals surface area contributed by atoms with E-state index in [1.807, 2.05) is 27.0 Å². The molecule has 1 rings (SSSR count). The second-order valence-electron chi connectivity index (χ2n) is 6.35. The summed E-state index contributed by atoms with van der Waals surface area (Å²) in [6.07, 6.45) is 9.60. The number of hydrogen-bond donors (Lipinski definition) is 0. The first-order valence-corrected chi connectivity index (χ1v) is 7.95. The molecule has 2 nitrogen and oxygen atoms in total. The first kappa shape index (κ1) is 15.0. The van der Waals surface area contributed by atoms with E-state index in [1.54, 1.807) is 0 Å². The molecule has 0 radical (unpaired) electrons. The van der Waals surface area contributed by atoms with E-state index in [4.69, 9.17) is 0 Å². The minimum absolute atomic E-state index is 0.225. The maximum atomic E-state index is 11.7. The Morgan fingerprint density at radius 1 is 1.24 bits per heavy atom. The fourth-order valence-electron chi connectivity index (χ4n) is 2.21. The maximum Gasteiger partial charge on any atom is 0.144 e. The van der Waals surface area contributed by atoms with Gasteiger partial charge in [-0.15, -0.1) is 0 Å². The van der Waals surface area contributed by atoms with E-state index in [2.05, 4.69) is 11.3 Å². The Morgan fingerprint density at radius 3 is 2.35 bits per heavy atom. The molecule has 0 aromatic carbocycles. The van der Waals surface area contributed by atoms with Crippen LogP contribution in [0.5, 0.6) is 0 Å². The van der Waals surface area contributed by atoms with Gasteiger partial charge in [0.2, 0.25) is 0 Å². The average molecular weight is 257 g/mol. The molecule has 1 aliphatic carbocycles. The quantitative estimate of drug-likeness (QED) is 0.551. The fourth-order valence-corrected chi connectivity index (χ4v) is 2.76. The summed E-state index contributed by atoms with van der Waals surface area (Å²) in [6.45, 7) is 8.24. The Bertz CT molecular complexity index is 239. The molecule has 1 fully saturated rings. The van der Waals surface area contributed by atoms with Crippen LogP contribution in [0, 0.1) is 11.8 Å². The summed E-state index contributed by atoms with van der Waals surface area (Å²) in [5.74, 6) is 1.80. The van der Waals surface area contributed by atoms with Crippen LogP contribution in [0.4, 0.5) is 0 Å². The molecule has 1 saturated carbocycles. The second kappa shape index (κ2) is 6.79. The lowest BCUT2D eigenvalue weighted by Crippen LogP contribution is -2.25. The van der Waals surface area contributed by atoms with Crippen LogP contribution in [0.3, 0.4) is 0 Å². The third kappa shape index (κ3) is 5.91. The molecule has 0 N–H and O–H groups in total. The third-order valence-electron chi connectivity index (χ3n) is 3.53. The summed E-state index contributed by atoms with van der Waals surface area (Å²) in [5.41, 5.74) is 0. The van der Waals surface area contributed by atoms with E-state index in [1.165, 1.54) is 32.1 Å². The van der Waals surface area contributed by atoms with Gasteiger partial charge in [0.15, 0.2) is 0 Å². The molecule has 1 unspecified atom stereocenters. The van der Waals surface area contributed by atoms with Crippen molar-refractivity contribution in [2.75, 3.05) is 0 Å². The zero-order valence-electron chi connectivity index (χ0n) is 11.7. The standard InChI is InChI=1S/C14H27NOS/c1-12-7-9-13(10-8-12)6-5-11-15-17(16)14(2,3)4/h11-13H,5-10H2,1-4H3. The molecule has 0 aromatic rings. The molecule has 0 saturated heterocycles. The van der Waals surface area contributed by atoms with E-state index < -0.39 is 11.4 Å². The van der Waals surface area contributed by atoms with Crippen molar-refractivity contribution in [2.24, 2.45) is 16.2 Å². The van der Waals surface area contributed by atoms with Gasteiger partial charge in [0.1, 0.15) is 16.1 Å². The van der Waals surface area contributed by atoms with Crippen molar-refractivity contribution in [1.29, 1.82) is 0 Å². The van der Waals surface area contributed by atoms with E-state index >= 15 is 0 Å². The number of rotatable bonds is 4. The minimum atomic E-state index is -1.08. The van der Waals surface area contributed by atoms with Gasteiger partial charge in [-0.25, -0.2) is 0 Å². The van der Waals surface area contributed by atoms with Gasteiger partial charge in [-0.05, 0) is 45.4 Å². The van der Waals surface area contributed by atoms with E-state index in [9.17, 15) is 4.55 Å². The lowest BCUT2D eigenvalue weighted by molar-refractivity contribution is 0.281. The van der Waals surface area contributed by atoms with Crippen LogP contribution in [-0.4, -0.2) is 15.5 Å². The van der Waals surface area contributed by atoms with Crippen LogP contribution in [0.15, 0.2) is 4.40 Å². The SMILES string of the molecule is CC1CCC(CCC=N[S+]([O-])C(C)(C)C)CC1. The molecule has 0 bridgehead atoms. The Balaban J connectivity index is 2.17. The molecule has 0 heterocycles. The Morgan fingerprint density at radius 2 is 1.82 bits per heavy atom. The molecule has 3 heteroatoms. The highest BCUT2D eigenvalue weighted by Gasteiger charge is 2.25. The van der Waals surface area contributed by atoms with Crippen LogP contribution >= 0.6 is 0 Å². The smallest absolute Gasteiger partial charge is 0.144 e. The van der Waals surface area contributed by atoms with Crippen LogP contribution in [-0.2, 0) is 11.4 Å². The lowest BCUT2D eigenvalue weighted by atomic mass is 9.81. The predicted octanol–water partition coefficient (Wildman–Crippen LogP) is 4.13. The average Bonchev–Trinajstić information content (AvgIpc) is 2.25. The molecule has 0 aromatic heterocycles. The minimum Gasteiger partial charge on any atom is -0.591 e. The molecule has 1 aliphatic rings. The molecule has 100 valence electrons. The van der Waals surface area contributed by atoms with Crippen LogP contribution in [0.1, 0.15) is 66.2 Å². The first-order valence-electron chi connectivity index (χ1n) is 6.84. The Kier molecular flexibility index (Phi) is 6.01. The van der Waals surface area contributed by atoms with Crippen molar-refractivity contribution in [2.45, 2.75) is 71.0 Å². The monoisotopic (exact) mass is 257 g/mol. The topological polar surface area (TPSA) is 35.4 Å². The van der Waals surface area contributed by atoms with Crippen LogP contribution < -0.4 is 0 Å². The van der Waals surface area contributed by atoms with Gasteiger partial charge in [0, 0.05) is 0 Å². The zero-order valence-corrected chi connectivity index (χ0v) is 12.6. The highest BCUT2D eigenvalue weighted by Crippen LogP contribution is 2.30. The van der Waals surface area contributed by atoms with Crippen LogP contribution in [0.2, 0.25) is 0 Å². The molecule has 0 spiro atoms.